The minimum Gasteiger partial charge on any atom is -0.466 e. The van der Waals surface area contributed by atoms with E-state index in [0.29, 0.717) is 25.9 Å². The van der Waals surface area contributed by atoms with Crippen LogP contribution in [0.4, 0.5) is 0 Å². The van der Waals surface area contributed by atoms with Crippen LogP contribution in [0.25, 0.3) is 0 Å². The van der Waals surface area contributed by atoms with Crippen LogP contribution < -0.4 is 5.32 Å². The second kappa shape index (κ2) is 79.8. The minimum absolute atomic E-state index is 0.00954. The minimum atomic E-state index is -0.662. The normalized spacial score (nSPS) is 12.5. The van der Waals surface area contributed by atoms with Crippen LogP contribution in [0.3, 0.4) is 0 Å². The first-order chi connectivity index (χ1) is 44.5. The maximum absolute atomic E-state index is 12.6. The second-order valence-corrected chi connectivity index (χ2v) is 28.8. The molecule has 0 aromatic carbocycles. The standard InChI is InChI=1S/C84H163NO5/c1-3-5-7-9-11-13-15-17-19-20-21-22-36-39-42-45-49-52-56-60-64-68-72-76-82(87)81(80-86)85-83(88)77-73-69-65-61-57-53-50-46-43-40-37-34-32-30-28-26-24-23-25-27-29-31-33-35-38-41-44-47-51-55-59-63-67-71-75-79-90-84(89)78-74-70-66-62-58-54-48-18-16-14-12-10-8-6-4-2/h12,14,18,48,81-82,86-87H,3-11,13,15-17,19-47,49-80H2,1-2H3,(H,85,88)/b14-12-,48-18-. The average molecular weight is 1270 g/mol. The van der Waals surface area contributed by atoms with E-state index in [2.05, 4.69) is 43.5 Å². The van der Waals surface area contributed by atoms with E-state index in [-0.39, 0.29) is 18.5 Å². The molecule has 0 radical (unpaired) electrons. The molecular formula is C84H163NO5. The van der Waals surface area contributed by atoms with Crippen LogP contribution in [0.2, 0.25) is 0 Å². The molecule has 6 nitrogen and oxygen atoms in total. The number of amides is 1. The number of nitrogens with one attached hydrogen (secondary N) is 1. The van der Waals surface area contributed by atoms with Crippen LogP contribution in [0.1, 0.15) is 476 Å². The van der Waals surface area contributed by atoms with Gasteiger partial charge < -0.3 is 20.3 Å². The van der Waals surface area contributed by atoms with Crippen molar-refractivity contribution in [3.8, 4) is 0 Å². The van der Waals surface area contributed by atoms with Crippen molar-refractivity contribution in [1.82, 2.24) is 5.32 Å². The van der Waals surface area contributed by atoms with Gasteiger partial charge in [-0.15, -0.1) is 0 Å². The Morgan fingerprint density at radius 3 is 0.867 bits per heavy atom. The Morgan fingerprint density at radius 2 is 0.556 bits per heavy atom. The summed E-state index contributed by atoms with van der Waals surface area (Å²) in [6.45, 7) is 4.98. The van der Waals surface area contributed by atoms with E-state index in [1.165, 1.54) is 392 Å². The second-order valence-electron chi connectivity index (χ2n) is 28.8. The Bertz CT molecular complexity index is 1410. The van der Waals surface area contributed by atoms with Gasteiger partial charge in [-0.05, 0) is 57.8 Å². The molecule has 0 aromatic heterocycles. The van der Waals surface area contributed by atoms with Crippen LogP contribution in [0.5, 0.6) is 0 Å². The van der Waals surface area contributed by atoms with Crippen molar-refractivity contribution >= 4 is 11.9 Å². The summed E-state index contributed by atoms with van der Waals surface area (Å²) in [7, 11) is 0. The van der Waals surface area contributed by atoms with Gasteiger partial charge in [-0.1, -0.05) is 430 Å². The third-order valence-electron chi connectivity index (χ3n) is 19.8. The number of aliphatic hydroxyl groups is 2. The summed E-state index contributed by atoms with van der Waals surface area (Å²) < 4.78 is 5.50. The lowest BCUT2D eigenvalue weighted by Crippen LogP contribution is -2.45. The van der Waals surface area contributed by atoms with Crippen molar-refractivity contribution in [1.29, 1.82) is 0 Å². The lowest BCUT2D eigenvalue weighted by molar-refractivity contribution is -0.143. The third kappa shape index (κ3) is 75.4. The predicted octanol–water partition coefficient (Wildman–Crippen LogP) is 27.6. The topological polar surface area (TPSA) is 95.9 Å². The number of hydrogen-bond donors (Lipinski definition) is 3. The van der Waals surface area contributed by atoms with Gasteiger partial charge in [0, 0.05) is 12.8 Å². The van der Waals surface area contributed by atoms with Crippen molar-refractivity contribution in [3.05, 3.63) is 24.3 Å². The highest BCUT2D eigenvalue weighted by Crippen LogP contribution is 2.21. The summed E-state index contributed by atoms with van der Waals surface area (Å²) in [4.78, 5) is 24.7. The molecule has 1 amide bonds. The largest absolute Gasteiger partial charge is 0.466 e. The number of carbonyl (C=O) groups excluding carboxylic acids is 2. The van der Waals surface area contributed by atoms with E-state index in [1.807, 2.05) is 0 Å². The fourth-order valence-electron chi connectivity index (χ4n) is 13.4. The molecule has 2 atom stereocenters. The third-order valence-corrected chi connectivity index (χ3v) is 19.8. The lowest BCUT2D eigenvalue weighted by Gasteiger charge is -2.22. The van der Waals surface area contributed by atoms with Crippen molar-refractivity contribution in [3.63, 3.8) is 0 Å². The van der Waals surface area contributed by atoms with E-state index >= 15 is 0 Å². The maximum Gasteiger partial charge on any atom is 0.305 e. The smallest absolute Gasteiger partial charge is 0.305 e. The fraction of sp³-hybridized carbons (Fsp3) is 0.929. The zero-order valence-electron chi connectivity index (χ0n) is 61.4. The van der Waals surface area contributed by atoms with Gasteiger partial charge in [-0.25, -0.2) is 0 Å². The molecule has 534 valence electrons. The Labute approximate surface area is 564 Å². The number of carbonyl (C=O) groups is 2. The Hall–Kier alpha value is -1.66. The molecule has 0 spiro atoms. The van der Waals surface area contributed by atoms with E-state index < -0.39 is 12.1 Å². The quantitative estimate of drug-likeness (QED) is 0.0320. The number of allylic oxidation sites excluding steroid dienone is 4. The molecule has 0 saturated carbocycles. The van der Waals surface area contributed by atoms with Crippen molar-refractivity contribution in [2.75, 3.05) is 13.2 Å². The number of rotatable bonds is 79. The first-order valence-electron chi connectivity index (χ1n) is 41.6. The molecule has 0 saturated heterocycles. The number of hydrogen-bond acceptors (Lipinski definition) is 5. The van der Waals surface area contributed by atoms with E-state index in [4.69, 9.17) is 4.74 Å². The number of aliphatic hydroxyl groups excluding tert-OH is 2. The highest BCUT2D eigenvalue weighted by atomic mass is 16.5. The van der Waals surface area contributed by atoms with Gasteiger partial charge in [0.2, 0.25) is 5.91 Å². The van der Waals surface area contributed by atoms with Gasteiger partial charge in [-0.3, -0.25) is 9.59 Å². The zero-order chi connectivity index (χ0) is 64.9. The molecule has 0 aliphatic rings. The van der Waals surface area contributed by atoms with Gasteiger partial charge in [0.1, 0.15) is 0 Å². The summed E-state index contributed by atoms with van der Waals surface area (Å²) in [5.74, 6) is -0.0142. The van der Waals surface area contributed by atoms with Gasteiger partial charge >= 0.3 is 5.97 Å². The van der Waals surface area contributed by atoms with Crippen LogP contribution >= 0.6 is 0 Å². The molecule has 0 heterocycles. The molecule has 90 heavy (non-hydrogen) atoms. The van der Waals surface area contributed by atoms with Gasteiger partial charge in [0.25, 0.3) is 0 Å². The molecular weight excluding hydrogens is 1100 g/mol. The molecule has 0 fully saturated rings. The number of ether oxygens (including phenoxy) is 1. The summed E-state index contributed by atoms with van der Waals surface area (Å²) in [6, 6.07) is -0.538. The summed E-state index contributed by atoms with van der Waals surface area (Å²) in [5, 5.41) is 23.5. The Balaban J connectivity index is 3.32. The molecule has 0 rings (SSSR count). The van der Waals surface area contributed by atoms with Gasteiger partial charge in [0.05, 0.1) is 25.4 Å². The highest BCUT2D eigenvalue weighted by molar-refractivity contribution is 5.76. The van der Waals surface area contributed by atoms with Crippen molar-refractivity contribution < 1.29 is 24.5 Å². The zero-order valence-corrected chi connectivity index (χ0v) is 61.4. The summed E-state index contributed by atoms with van der Waals surface area (Å²) in [5.41, 5.74) is 0. The van der Waals surface area contributed by atoms with Crippen molar-refractivity contribution in [2.24, 2.45) is 0 Å². The van der Waals surface area contributed by atoms with Crippen molar-refractivity contribution in [2.45, 2.75) is 488 Å². The first kappa shape index (κ1) is 88.3. The van der Waals surface area contributed by atoms with Gasteiger partial charge in [0.15, 0.2) is 0 Å². The van der Waals surface area contributed by atoms with Crippen LogP contribution in [-0.4, -0.2) is 47.4 Å². The molecule has 6 heteroatoms. The maximum atomic E-state index is 12.6. The monoisotopic (exact) mass is 1270 g/mol. The molecule has 2 unspecified atom stereocenters. The van der Waals surface area contributed by atoms with Gasteiger partial charge in [-0.2, -0.15) is 0 Å². The highest BCUT2D eigenvalue weighted by Gasteiger charge is 2.20. The SMILES string of the molecule is CCCCC/C=C\C/C=C\CCCCCCCC(=O)OCCCCCCCCCCCCCCCCCCCCCCCCCCCCCCCCCCCCCC(=O)NC(CO)C(O)CCCCCCCCCCCCCCCCCCCCCCCCC. The van der Waals surface area contributed by atoms with E-state index in [9.17, 15) is 19.8 Å². The Morgan fingerprint density at radius 1 is 0.311 bits per heavy atom. The summed E-state index contributed by atoms with van der Waals surface area (Å²) in [6.07, 6.45) is 103. The summed E-state index contributed by atoms with van der Waals surface area (Å²) >= 11 is 0. The number of unbranched alkanes of at least 4 members (excludes halogenated alkanes) is 64. The Kier molecular flexibility index (Phi) is 78.3. The molecule has 0 aromatic rings. The molecule has 0 aliphatic heterocycles. The predicted molar refractivity (Wildman–Crippen MR) is 398 cm³/mol. The van der Waals surface area contributed by atoms with Crippen LogP contribution in [0.15, 0.2) is 24.3 Å². The molecule has 3 N–H and O–H groups in total. The fourth-order valence-corrected chi connectivity index (χ4v) is 13.4. The van der Waals surface area contributed by atoms with E-state index in [0.717, 1.165) is 51.4 Å². The lowest BCUT2D eigenvalue weighted by atomic mass is 10.0. The number of esters is 1. The van der Waals surface area contributed by atoms with Crippen LogP contribution in [0, 0.1) is 0 Å². The average Bonchev–Trinajstić information content (AvgIpc) is 3.68. The molecule has 0 bridgehead atoms. The first-order valence-corrected chi connectivity index (χ1v) is 41.6. The van der Waals surface area contributed by atoms with E-state index in [1.54, 1.807) is 0 Å². The van der Waals surface area contributed by atoms with Crippen LogP contribution in [-0.2, 0) is 14.3 Å². The molecule has 0 aliphatic carbocycles.